The molecule has 4 heterocycles. The number of fused-ring (bicyclic) bond motifs is 8. The number of nitrogens with one attached hydrogen (secondary N) is 1. The molecule has 12 nitrogen and oxygen atoms in total. The van der Waals surface area contributed by atoms with Crippen molar-refractivity contribution in [3.63, 3.8) is 0 Å². The molecule has 0 aliphatic carbocycles. The highest BCUT2D eigenvalue weighted by Gasteiger charge is 2.57. The average Bonchev–Trinajstić information content (AvgIpc) is 3.12. The lowest BCUT2D eigenvalue weighted by molar-refractivity contribution is -0.0746. The molecule has 1 amide bonds. The van der Waals surface area contributed by atoms with Crippen LogP contribution in [0.2, 0.25) is 0 Å². The van der Waals surface area contributed by atoms with E-state index in [1.807, 2.05) is 52.1 Å². The number of aromatic nitrogens is 1. The molecule has 0 unspecified atom stereocenters. The number of hydrogen-bond acceptors (Lipinski definition) is 11. The second-order valence-corrected chi connectivity index (χ2v) is 14.0. The van der Waals surface area contributed by atoms with Gasteiger partial charge in [-0.05, 0) is 64.8 Å². The minimum absolute atomic E-state index is 0.0138. The van der Waals surface area contributed by atoms with Crippen LogP contribution >= 0.6 is 0 Å². The molecule has 272 valence electrons. The number of ether oxygens (including phenoxy) is 4. The van der Waals surface area contributed by atoms with Crippen LogP contribution in [0.4, 0.5) is 0 Å². The van der Waals surface area contributed by atoms with Gasteiger partial charge in [0.2, 0.25) is 0 Å². The van der Waals surface area contributed by atoms with Gasteiger partial charge in [0.1, 0.15) is 23.2 Å². The van der Waals surface area contributed by atoms with Gasteiger partial charge in [-0.2, -0.15) is 5.26 Å². The van der Waals surface area contributed by atoms with Crippen molar-refractivity contribution in [3.8, 4) is 40.6 Å². The fourth-order valence-corrected chi connectivity index (χ4v) is 9.27. The van der Waals surface area contributed by atoms with E-state index in [-0.39, 0.29) is 42.1 Å². The number of rotatable bonds is 8. The van der Waals surface area contributed by atoms with E-state index in [2.05, 4.69) is 26.2 Å². The molecule has 1 saturated heterocycles. The predicted octanol–water partition coefficient (Wildman–Crippen LogP) is 5.20. The smallest absolute Gasteiger partial charge is 0.269 e. The maximum atomic E-state index is 13.5. The number of amides is 1. The molecule has 4 aromatic rings. The second-order valence-electron chi connectivity index (χ2n) is 14.0. The summed E-state index contributed by atoms with van der Waals surface area (Å²) in [5.41, 5.74) is 6.41. The van der Waals surface area contributed by atoms with Crippen molar-refractivity contribution in [2.75, 3.05) is 42.0 Å². The van der Waals surface area contributed by atoms with Gasteiger partial charge < -0.3 is 34.5 Å². The van der Waals surface area contributed by atoms with E-state index in [0.29, 0.717) is 70.2 Å². The van der Waals surface area contributed by atoms with Gasteiger partial charge in [0.25, 0.3) is 5.91 Å². The second kappa shape index (κ2) is 13.4. The quantitative estimate of drug-likeness (QED) is 0.222. The summed E-state index contributed by atoms with van der Waals surface area (Å²) in [6.07, 6.45) is 1.20. The van der Waals surface area contributed by atoms with E-state index in [1.165, 1.54) is 14.2 Å². The van der Waals surface area contributed by atoms with E-state index in [4.69, 9.17) is 18.9 Å². The number of phenols is 2. The van der Waals surface area contributed by atoms with Crippen LogP contribution in [0.3, 0.4) is 0 Å². The first-order valence-electron chi connectivity index (χ1n) is 17.5. The molecule has 3 aliphatic heterocycles. The van der Waals surface area contributed by atoms with E-state index in [9.17, 15) is 20.3 Å². The van der Waals surface area contributed by atoms with Crippen molar-refractivity contribution in [2.24, 2.45) is 0 Å². The Labute approximate surface area is 303 Å². The summed E-state index contributed by atoms with van der Waals surface area (Å²) >= 11 is 0. The maximum Gasteiger partial charge on any atom is 0.269 e. The van der Waals surface area contributed by atoms with Gasteiger partial charge in [0, 0.05) is 63.4 Å². The Hall–Kier alpha value is -5.25. The number of piperazine rings is 1. The van der Waals surface area contributed by atoms with Crippen molar-refractivity contribution in [1.29, 1.82) is 5.26 Å². The van der Waals surface area contributed by atoms with E-state index in [0.717, 1.165) is 27.6 Å². The summed E-state index contributed by atoms with van der Waals surface area (Å²) in [5.74, 6) is 1.60. The van der Waals surface area contributed by atoms with Crippen molar-refractivity contribution in [2.45, 2.75) is 70.2 Å². The number of aryl methyl sites for hydroxylation is 1. The number of methoxy groups -OCH3 is 4. The van der Waals surface area contributed by atoms with Crippen LogP contribution in [0.25, 0.3) is 10.9 Å². The van der Waals surface area contributed by atoms with Gasteiger partial charge >= 0.3 is 0 Å². The SMILES string of the molecule is COc1c(C)c(OC)c2c(c1O)[C@@H]1[C@@H]3Cc4c(OC)c(C)c(OC)c(O)c4[C@H](CCNC(=O)c4ccc5ccc(C)cc5n4)N3[C@@H](C#N)[C@H](C2)N1C. The van der Waals surface area contributed by atoms with Crippen LogP contribution < -0.4 is 24.3 Å². The van der Waals surface area contributed by atoms with E-state index >= 15 is 0 Å². The summed E-state index contributed by atoms with van der Waals surface area (Å²) in [6, 6.07) is 9.99. The largest absolute Gasteiger partial charge is 0.504 e. The summed E-state index contributed by atoms with van der Waals surface area (Å²) in [6.45, 7) is 5.92. The fourth-order valence-electron chi connectivity index (χ4n) is 9.27. The number of pyridine rings is 1. The number of benzene rings is 3. The van der Waals surface area contributed by atoms with Gasteiger partial charge in [-0.25, -0.2) is 4.98 Å². The van der Waals surface area contributed by atoms with Crippen molar-refractivity contribution in [3.05, 3.63) is 75.0 Å². The zero-order valence-corrected chi connectivity index (χ0v) is 30.8. The van der Waals surface area contributed by atoms with Crippen LogP contribution in [0.15, 0.2) is 30.3 Å². The Morgan fingerprint density at radius 2 is 1.46 bits per heavy atom. The van der Waals surface area contributed by atoms with E-state index < -0.39 is 12.1 Å². The normalized spacial score (nSPS) is 22.1. The lowest BCUT2D eigenvalue weighted by Gasteiger charge is -2.60. The monoisotopic (exact) mass is 707 g/mol. The van der Waals surface area contributed by atoms with Crippen LogP contribution in [0, 0.1) is 32.1 Å². The molecule has 3 N–H and O–H groups in total. The summed E-state index contributed by atoms with van der Waals surface area (Å²) in [7, 11) is 8.24. The number of likely N-dealkylation sites (N-methyl/N-ethyl adjacent to an activating group) is 1. The third kappa shape index (κ3) is 5.17. The summed E-state index contributed by atoms with van der Waals surface area (Å²) in [4.78, 5) is 22.5. The van der Waals surface area contributed by atoms with Gasteiger partial charge in [0.15, 0.2) is 23.0 Å². The number of aromatic hydroxyl groups is 2. The van der Waals surface area contributed by atoms with Gasteiger partial charge in [0.05, 0.1) is 46.1 Å². The lowest BCUT2D eigenvalue weighted by Crippen LogP contribution is -2.68. The standard InChI is InChI=1S/C40H45N5O7/c1-19-9-10-22-11-12-25(43-26(22)15-19)40(48)42-14-13-27-31-23(36(49-5)20(2)38(51-7)34(31)46)17-29-33-32-24(16-28(44(33)4)30(18-41)45(27)29)37(50-6)21(3)39(52-8)35(32)47/h9-12,15,27-30,33,46-47H,13-14,16-17H2,1-8H3,(H,42,48)/t27-,28-,29-,30-,33-/m0/s1. The number of phenolic OH excluding ortho intramolecular Hbond substituents is 2. The van der Waals surface area contributed by atoms with Gasteiger partial charge in [-0.15, -0.1) is 0 Å². The Morgan fingerprint density at radius 3 is 2.08 bits per heavy atom. The molecule has 7 rings (SSSR count). The minimum atomic E-state index is -0.620. The Balaban J connectivity index is 1.35. The molecule has 0 radical (unpaired) electrons. The molecule has 52 heavy (non-hydrogen) atoms. The van der Waals surface area contributed by atoms with Gasteiger partial charge in [-0.1, -0.05) is 18.2 Å². The lowest BCUT2D eigenvalue weighted by atomic mass is 9.71. The first-order valence-corrected chi connectivity index (χ1v) is 17.5. The first-order chi connectivity index (χ1) is 25.0. The number of carbonyl (C=O) groups excluding carboxylic acids is 1. The van der Waals surface area contributed by atoms with Gasteiger partial charge in [-0.3, -0.25) is 14.6 Å². The Morgan fingerprint density at radius 1 is 0.885 bits per heavy atom. The summed E-state index contributed by atoms with van der Waals surface area (Å²) in [5, 5.41) is 38.7. The highest BCUT2D eigenvalue weighted by Crippen LogP contribution is 2.59. The van der Waals surface area contributed by atoms with Crippen LogP contribution in [-0.2, 0) is 12.8 Å². The highest BCUT2D eigenvalue weighted by molar-refractivity contribution is 5.95. The Kier molecular flexibility index (Phi) is 9.05. The molecule has 3 aliphatic rings. The molecular weight excluding hydrogens is 662 g/mol. The number of nitrogens with zero attached hydrogens (tertiary/aromatic N) is 4. The predicted molar refractivity (Wildman–Crippen MR) is 195 cm³/mol. The molecule has 3 aromatic carbocycles. The third-order valence-electron chi connectivity index (χ3n) is 11.4. The molecule has 12 heteroatoms. The van der Waals surface area contributed by atoms with Crippen molar-refractivity contribution in [1.82, 2.24) is 20.1 Å². The zero-order chi connectivity index (χ0) is 37.2. The molecular formula is C40H45N5O7. The molecule has 1 aromatic heterocycles. The number of carbonyl (C=O) groups is 1. The first kappa shape index (κ1) is 35.2. The fraction of sp³-hybridized carbons (Fsp3) is 0.425. The van der Waals surface area contributed by atoms with Crippen molar-refractivity contribution < 1.29 is 34.0 Å². The Bertz CT molecular complexity index is 2150. The number of nitriles is 1. The molecule has 5 atom stereocenters. The van der Waals surface area contributed by atoms with Crippen LogP contribution in [-0.4, -0.2) is 91.1 Å². The minimum Gasteiger partial charge on any atom is -0.504 e. The van der Waals surface area contributed by atoms with E-state index in [1.54, 1.807) is 20.3 Å². The summed E-state index contributed by atoms with van der Waals surface area (Å²) < 4.78 is 23.4. The molecule has 2 bridgehead atoms. The van der Waals surface area contributed by atoms with Crippen molar-refractivity contribution >= 4 is 16.8 Å². The average molecular weight is 708 g/mol. The molecule has 1 fully saturated rings. The highest BCUT2D eigenvalue weighted by atomic mass is 16.5. The topological polar surface area (TPSA) is 150 Å². The van der Waals surface area contributed by atoms with Crippen LogP contribution in [0.5, 0.6) is 34.5 Å². The third-order valence-corrected chi connectivity index (χ3v) is 11.4. The molecule has 0 spiro atoms. The molecule has 0 saturated carbocycles. The zero-order valence-electron chi connectivity index (χ0n) is 30.8. The maximum absolute atomic E-state index is 13.5. The number of hydrogen-bond donors (Lipinski definition) is 3. The van der Waals surface area contributed by atoms with Crippen LogP contribution in [0.1, 0.15) is 67.9 Å².